The molecule has 17 heavy (non-hydrogen) atoms. The van der Waals surface area contributed by atoms with Crippen molar-refractivity contribution in [3.05, 3.63) is 41.1 Å². The van der Waals surface area contributed by atoms with Gasteiger partial charge in [-0.1, -0.05) is 28.1 Å². The van der Waals surface area contributed by atoms with Crippen LogP contribution >= 0.6 is 15.9 Å². The van der Waals surface area contributed by atoms with Crippen molar-refractivity contribution in [2.75, 3.05) is 7.05 Å². The Morgan fingerprint density at radius 1 is 1.18 bits per heavy atom. The zero-order valence-electron chi connectivity index (χ0n) is 8.98. The molecule has 2 aromatic rings. The average molecular weight is 316 g/mol. The molecule has 1 aromatic heterocycles. The number of benzene rings is 1. The van der Waals surface area contributed by atoms with Crippen LogP contribution in [0.1, 0.15) is 0 Å². The van der Waals surface area contributed by atoms with Crippen LogP contribution in [0, 0.1) is 0 Å². The van der Waals surface area contributed by atoms with Gasteiger partial charge in [-0.05, 0) is 30.8 Å². The van der Waals surface area contributed by atoms with Crippen molar-refractivity contribution in [1.29, 1.82) is 0 Å². The van der Waals surface area contributed by atoms with E-state index < -0.39 is 10.0 Å². The molecule has 0 aliphatic heterocycles. The van der Waals surface area contributed by atoms with Gasteiger partial charge < -0.3 is 4.42 Å². The summed E-state index contributed by atoms with van der Waals surface area (Å²) in [5.41, 5.74) is 1.34. The summed E-state index contributed by atoms with van der Waals surface area (Å²) in [4.78, 5) is 0. The van der Waals surface area contributed by atoms with Gasteiger partial charge in [0.1, 0.15) is 0 Å². The molecule has 90 valence electrons. The van der Waals surface area contributed by atoms with Crippen LogP contribution in [0.15, 0.2) is 50.6 Å². The van der Waals surface area contributed by atoms with Crippen molar-refractivity contribution >= 4 is 26.0 Å². The summed E-state index contributed by atoms with van der Waals surface area (Å²) in [6.45, 7) is 0. The molecule has 1 heterocycles. The molecule has 4 nitrogen and oxygen atoms in total. The van der Waals surface area contributed by atoms with Gasteiger partial charge in [0.2, 0.25) is 5.09 Å². The van der Waals surface area contributed by atoms with Crippen LogP contribution in [0.4, 0.5) is 0 Å². The van der Waals surface area contributed by atoms with Gasteiger partial charge in [0.05, 0.1) is 6.26 Å². The number of hydrogen-bond donors (Lipinski definition) is 1. The van der Waals surface area contributed by atoms with Crippen LogP contribution in [0.3, 0.4) is 0 Å². The fourth-order valence-electron chi connectivity index (χ4n) is 1.44. The van der Waals surface area contributed by atoms with Gasteiger partial charge in [0.15, 0.2) is 0 Å². The monoisotopic (exact) mass is 315 g/mol. The smallest absolute Gasteiger partial charge is 0.274 e. The molecule has 0 amide bonds. The van der Waals surface area contributed by atoms with Crippen LogP contribution in [0.2, 0.25) is 0 Å². The molecule has 0 atom stereocenters. The first kappa shape index (κ1) is 12.3. The molecule has 1 aromatic carbocycles. The Balaban J connectivity index is 2.55. The standard InChI is InChI=1S/C11H10BrNO3S/c1-13-17(14,15)11-10(6-7-16-11)8-2-4-9(12)5-3-8/h2-7,13H,1H3. The lowest BCUT2D eigenvalue weighted by molar-refractivity contribution is 0.449. The summed E-state index contributed by atoms with van der Waals surface area (Å²) in [6.07, 6.45) is 1.36. The molecule has 0 fully saturated rings. The average Bonchev–Trinajstić information content (AvgIpc) is 2.80. The zero-order chi connectivity index (χ0) is 12.5. The second-order valence-corrected chi connectivity index (χ2v) is 6.04. The normalized spacial score (nSPS) is 11.6. The number of rotatable bonds is 3. The van der Waals surface area contributed by atoms with Gasteiger partial charge in [-0.25, -0.2) is 13.1 Å². The van der Waals surface area contributed by atoms with Crippen molar-refractivity contribution in [1.82, 2.24) is 4.72 Å². The summed E-state index contributed by atoms with van der Waals surface area (Å²) in [5, 5.41) is -0.0673. The van der Waals surface area contributed by atoms with E-state index >= 15 is 0 Å². The maximum atomic E-state index is 11.7. The predicted molar refractivity (Wildman–Crippen MR) is 68.1 cm³/mol. The van der Waals surface area contributed by atoms with E-state index in [-0.39, 0.29) is 5.09 Å². The molecular formula is C11H10BrNO3S. The topological polar surface area (TPSA) is 59.3 Å². The number of halogens is 1. The molecule has 0 saturated heterocycles. The lowest BCUT2D eigenvalue weighted by Crippen LogP contribution is -2.18. The number of furan rings is 1. The van der Waals surface area contributed by atoms with E-state index in [0.717, 1.165) is 10.0 Å². The highest BCUT2D eigenvalue weighted by Gasteiger charge is 2.21. The molecule has 0 unspecified atom stereocenters. The highest BCUT2D eigenvalue weighted by Crippen LogP contribution is 2.29. The minimum absolute atomic E-state index is 0.0673. The molecule has 0 saturated carbocycles. The molecule has 6 heteroatoms. The third-order valence-corrected chi connectivity index (χ3v) is 4.17. The fraction of sp³-hybridized carbons (Fsp3) is 0.0909. The van der Waals surface area contributed by atoms with E-state index in [1.807, 2.05) is 24.3 Å². The minimum atomic E-state index is -3.57. The van der Waals surface area contributed by atoms with E-state index in [4.69, 9.17) is 4.42 Å². The molecule has 0 radical (unpaired) electrons. The van der Waals surface area contributed by atoms with Crippen LogP contribution in [0.5, 0.6) is 0 Å². The Labute approximate surface area is 108 Å². The van der Waals surface area contributed by atoms with Gasteiger partial charge in [-0.15, -0.1) is 0 Å². The Morgan fingerprint density at radius 3 is 2.41 bits per heavy atom. The van der Waals surface area contributed by atoms with Crippen LogP contribution < -0.4 is 4.72 Å². The molecular weight excluding hydrogens is 306 g/mol. The Kier molecular flexibility index (Phi) is 3.37. The second kappa shape index (κ2) is 4.64. The number of nitrogens with one attached hydrogen (secondary N) is 1. The van der Waals surface area contributed by atoms with Gasteiger partial charge in [0.25, 0.3) is 10.0 Å². The van der Waals surface area contributed by atoms with Gasteiger partial charge in [-0.3, -0.25) is 0 Å². The van der Waals surface area contributed by atoms with Crippen molar-refractivity contribution in [3.8, 4) is 11.1 Å². The maximum Gasteiger partial charge on any atom is 0.274 e. The molecule has 1 N–H and O–H groups in total. The third kappa shape index (κ3) is 2.43. The number of sulfonamides is 1. The highest BCUT2D eigenvalue weighted by atomic mass is 79.9. The first-order chi connectivity index (χ1) is 8.04. The minimum Gasteiger partial charge on any atom is -0.451 e. The zero-order valence-corrected chi connectivity index (χ0v) is 11.4. The lowest BCUT2D eigenvalue weighted by Gasteiger charge is -2.03. The molecule has 0 spiro atoms. The first-order valence-corrected chi connectivity index (χ1v) is 7.09. The summed E-state index contributed by atoms with van der Waals surface area (Å²) >= 11 is 3.33. The van der Waals surface area contributed by atoms with Crippen LogP contribution in [0.25, 0.3) is 11.1 Å². The Hall–Kier alpha value is -1.11. The Morgan fingerprint density at radius 2 is 1.82 bits per heavy atom. The molecule has 0 aliphatic carbocycles. The summed E-state index contributed by atoms with van der Waals surface area (Å²) < 4.78 is 31.6. The van der Waals surface area contributed by atoms with Gasteiger partial charge in [-0.2, -0.15) is 0 Å². The fourth-order valence-corrected chi connectivity index (χ4v) is 2.55. The molecule has 2 rings (SSSR count). The van der Waals surface area contributed by atoms with E-state index in [9.17, 15) is 8.42 Å². The van der Waals surface area contributed by atoms with Crippen molar-refractivity contribution in [2.24, 2.45) is 0 Å². The predicted octanol–water partition coefficient (Wildman–Crippen LogP) is 2.62. The van der Waals surface area contributed by atoms with E-state index in [1.54, 1.807) is 6.07 Å². The third-order valence-electron chi connectivity index (χ3n) is 2.30. The first-order valence-electron chi connectivity index (χ1n) is 4.81. The number of hydrogen-bond acceptors (Lipinski definition) is 3. The lowest BCUT2D eigenvalue weighted by atomic mass is 10.1. The van der Waals surface area contributed by atoms with E-state index in [0.29, 0.717) is 5.56 Å². The SMILES string of the molecule is CNS(=O)(=O)c1occc1-c1ccc(Br)cc1. The van der Waals surface area contributed by atoms with Crippen molar-refractivity contribution in [3.63, 3.8) is 0 Å². The molecule has 0 aliphatic rings. The molecule has 0 bridgehead atoms. The van der Waals surface area contributed by atoms with Gasteiger partial charge >= 0.3 is 0 Å². The van der Waals surface area contributed by atoms with Crippen molar-refractivity contribution < 1.29 is 12.8 Å². The quantitative estimate of drug-likeness (QED) is 0.947. The van der Waals surface area contributed by atoms with Gasteiger partial charge in [0, 0.05) is 10.0 Å². The summed E-state index contributed by atoms with van der Waals surface area (Å²) in [5.74, 6) is 0. The second-order valence-electron chi connectivity index (χ2n) is 3.34. The van der Waals surface area contributed by atoms with E-state index in [1.165, 1.54) is 13.3 Å². The highest BCUT2D eigenvalue weighted by molar-refractivity contribution is 9.10. The summed E-state index contributed by atoms with van der Waals surface area (Å²) in [6, 6.07) is 8.97. The maximum absolute atomic E-state index is 11.7. The van der Waals surface area contributed by atoms with Crippen LogP contribution in [-0.2, 0) is 10.0 Å². The Bertz CT molecular complexity index is 616. The van der Waals surface area contributed by atoms with E-state index in [2.05, 4.69) is 20.7 Å². The largest absolute Gasteiger partial charge is 0.451 e. The summed E-state index contributed by atoms with van der Waals surface area (Å²) in [7, 11) is -2.22. The van der Waals surface area contributed by atoms with Crippen molar-refractivity contribution in [2.45, 2.75) is 5.09 Å². The van der Waals surface area contributed by atoms with Crippen LogP contribution in [-0.4, -0.2) is 15.5 Å².